The van der Waals surface area contributed by atoms with E-state index in [0.29, 0.717) is 18.0 Å². The third kappa shape index (κ3) is 3.98. The molecule has 0 fully saturated rings. The Balaban J connectivity index is 2.54. The second kappa shape index (κ2) is 5.61. The van der Waals surface area contributed by atoms with Gasteiger partial charge in [0.2, 0.25) is 5.91 Å². The Labute approximate surface area is 96.3 Å². The number of hydrogen-bond donors (Lipinski definition) is 2. The standard InChI is InChI=1S/C12H19N3O/c1-8(2)6-11(13)12(16)15-10-5-4-9(3)14-7-10/h4-5,7-8,11H,6,13H2,1-3H3,(H,15,16). The average Bonchev–Trinajstić information content (AvgIpc) is 2.20. The van der Waals surface area contributed by atoms with E-state index in [-0.39, 0.29) is 5.91 Å². The van der Waals surface area contributed by atoms with E-state index in [1.165, 1.54) is 0 Å². The van der Waals surface area contributed by atoms with E-state index in [1.54, 1.807) is 6.20 Å². The normalized spacial score (nSPS) is 12.6. The second-order valence-electron chi connectivity index (χ2n) is 4.41. The number of nitrogens with one attached hydrogen (secondary N) is 1. The van der Waals surface area contributed by atoms with Crippen molar-refractivity contribution in [2.75, 3.05) is 5.32 Å². The summed E-state index contributed by atoms with van der Waals surface area (Å²) in [5.74, 6) is 0.260. The maximum atomic E-state index is 11.7. The molecule has 0 saturated carbocycles. The number of aryl methyl sites for hydroxylation is 1. The van der Waals surface area contributed by atoms with Crippen LogP contribution >= 0.6 is 0 Å². The van der Waals surface area contributed by atoms with Gasteiger partial charge in [0.1, 0.15) is 0 Å². The van der Waals surface area contributed by atoms with Crippen LogP contribution in [0.25, 0.3) is 0 Å². The Bertz CT molecular complexity index is 346. The van der Waals surface area contributed by atoms with Crippen molar-refractivity contribution in [3.8, 4) is 0 Å². The number of amides is 1. The average molecular weight is 221 g/mol. The van der Waals surface area contributed by atoms with Crippen LogP contribution in [0.3, 0.4) is 0 Å². The predicted molar refractivity (Wildman–Crippen MR) is 65.0 cm³/mol. The molecule has 1 rings (SSSR count). The minimum Gasteiger partial charge on any atom is -0.323 e. The van der Waals surface area contributed by atoms with Gasteiger partial charge in [-0.25, -0.2) is 0 Å². The molecule has 1 atom stereocenters. The number of nitrogens with two attached hydrogens (primary N) is 1. The van der Waals surface area contributed by atoms with Crippen LogP contribution in [-0.2, 0) is 4.79 Å². The highest BCUT2D eigenvalue weighted by Crippen LogP contribution is 2.08. The summed E-state index contributed by atoms with van der Waals surface area (Å²) in [5.41, 5.74) is 7.37. The van der Waals surface area contributed by atoms with Crippen LogP contribution in [0.2, 0.25) is 0 Å². The summed E-state index contributed by atoms with van der Waals surface area (Å²) in [6.07, 6.45) is 2.32. The lowest BCUT2D eigenvalue weighted by Crippen LogP contribution is -2.36. The fourth-order valence-electron chi connectivity index (χ4n) is 1.39. The summed E-state index contributed by atoms with van der Waals surface area (Å²) >= 11 is 0. The third-order valence-electron chi connectivity index (χ3n) is 2.24. The second-order valence-corrected chi connectivity index (χ2v) is 4.41. The van der Waals surface area contributed by atoms with Crippen molar-refractivity contribution in [2.45, 2.75) is 33.2 Å². The number of carbonyl (C=O) groups is 1. The van der Waals surface area contributed by atoms with Gasteiger partial charge in [0, 0.05) is 5.69 Å². The molecule has 0 saturated heterocycles. The summed E-state index contributed by atoms with van der Waals surface area (Å²) in [6, 6.07) is 3.22. The number of anilines is 1. The maximum Gasteiger partial charge on any atom is 0.241 e. The van der Waals surface area contributed by atoms with Gasteiger partial charge in [-0.05, 0) is 31.4 Å². The van der Waals surface area contributed by atoms with Crippen molar-refractivity contribution in [3.63, 3.8) is 0 Å². The Hall–Kier alpha value is -1.42. The van der Waals surface area contributed by atoms with Crippen molar-refractivity contribution in [1.29, 1.82) is 0 Å². The van der Waals surface area contributed by atoms with Gasteiger partial charge in [-0.15, -0.1) is 0 Å². The number of carbonyl (C=O) groups excluding carboxylic acids is 1. The zero-order valence-electron chi connectivity index (χ0n) is 10.0. The van der Waals surface area contributed by atoms with E-state index in [4.69, 9.17) is 5.73 Å². The van der Waals surface area contributed by atoms with Crippen LogP contribution in [0.1, 0.15) is 26.0 Å². The van der Waals surface area contributed by atoms with Gasteiger partial charge < -0.3 is 11.1 Å². The molecule has 4 heteroatoms. The topological polar surface area (TPSA) is 68.0 Å². The molecule has 1 amide bonds. The van der Waals surface area contributed by atoms with Crippen LogP contribution in [0.4, 0.5) is 5.69 Å². The van der Waals surface area contributed by atoms with Crippen molar-refractivity contribution in [2.24, 2.45) is 11.7 Å². The molecule has 3 N–H and O–H groups in total. The van der Waals surface area contributed by atoms with E-state index in [9.17, 15) is 4.79 Å². The van der Waals surface area contributed by atoms with Gasteiger partial charge in [0.25, 0.3) is 0 Å². The Morgan fingerprint density at radius 2 is 2.19 bits per heavy atom. The summed E-state index contributed by atoms with van der Waals surface area (Å²) < 4.78 is 0. The number of nitrogens with zero attached hydrogens (tertiary/aromatic N) is 1. The lowest BCUT2D eigenvalue weighted by atomic mass is 10.0. The molecule has 1 heterocycles. The molecule has 1 aromatic heterocycles. The largest absolute Gasteiger partial charge is 0.323 e. The molecular formula is C12H19N3O. The highest BCUT2D eigenvalue weighted by atomic mass is 16.2. The van der Waals surface area contributed by atoms with E-state index < -0.39 is 6.04 Å². The minimum atomic E-state index is -0.457. The van der Waals surface area contributed by atoms with E-state index in [1.807, 2.05) is 32.9 Å². The van der Waals surface area contributed by atoms with Crippen LogP contribution in [0.5, 0.6) is 0 Å². The highest BCUT2D eigenvalue weighted by Gasteiger charge is 2.14. The highest BCUT2D eigenvalue weighted by molar-refractivity contribution is 5.94. The van der Waals surface area contributed by atoms with Crippen LogP contribution < -0.4 is 11.1 Å². The fraction of sp³-hybridized carbons (Fsp3) is 0.500. The minimum absolute atomic E-state index is 0.153. The van der Waals surface area contributed by atoms with Crippen molar-refractivity contribution < 1.29 is 4.79 Å². The Morgan fingerprint density at radius 3 is 2.69 bits per heavy atom. The first-order valence-corrected chi connectivity index (χ1v) is 5.48. The summed E-state index contributed by atoms with van der Waals surface area (Å²) in [7, 11) is 0. The molecular weight excluding hydrogens is 202 g/mol. The van der Waals surface area contributed by atoms with Crippen molar-refractivity contribution >= 4 is 11.6 Å². The number of aromatic nitrogens is 1. The summed E-state index contributed by atoms with van der Waals surface area (Å²) in [6.45, 7) is 5.98. The first-order chi connectivity index (χ1) is 7.49. The summed E-state index contributed by atoms with van der Waals surface area (Å²) in [4.78, 5) is 15.8. The molecule has 0 bridgehead atoms. The number of rotatable bonds is 4. The molecule has 16 heavy (non-hydrogen) atoms. The van der Waals surface area contributed by atoms with E-state index >= 15 is 0 Å². The van der Waals surface area contributed by atoms with Gasteiger partial charge in [0.05, 0.1) is 17.9 Å². The quantitative estimate of drug-likeness (QED) is 0.813. The predicted octanol–water partition coefficient (Wildman–Crippen LogP) is 1.70. The molecule has 0 aliphatic carbocycles. The van der Waals surface area contributed by atoms with E-state index in [0.717, 1.165) is 5.69 Å². The fourth-order valence-corrected chi connectivity index (χ4v) is 1.39. The molecule has 1 aromatic rings. The van der Waals surface area contributed by atoms with Crippen LogP contribution in [0.15, 0.2) is 18.3 Å². The number of hydrogen-bond acceptors (Lipinski definition) is 3. The monoisotopic (exact) mass is 221 g/mol. The zero-order valence-corrected chi connectivity index (χ0v) is 10.0. The smallest absolute Gasteiger partial charge is 0.241 e. The first-order valence-electron chi connectivity index (χ1n) is 5.48. The van der Waals surface area contributed by atoms with Gasteiger partial charge >= 0.3 is 0 Å². The zero-order chi connectivity index (χ0) is 12.1. The van der Waals surface area contributed by atoms with Crippen molar-refractivity contribution in [3.05, 3.63) is 24.0 Å². The molecule has 0 spiro atoms. The van der Waals surface area contributed by atoms with Crippen LogP contribution in [-0.4, -0.2) is 16.9 Å². The van der Waals surface area contributed by atoms with Gasteiger partial charge in [-0.2, -0.15) is 0 Å². The summed E-state index contributed by atoms with van der Waals surface area (Å²) in [5, 5.41) is 2.75. The molecule has 4 nitrogen and oxygen atoms in total. The lowest BCUT2D eigenvalue weighted by molar-refractivity contribution is -0.117. The molecule has 0 radical (unpaired) electrons. The Kier molecular flexibility index (Phi) is 4.43. The van der Waals surface area contributed by atoms with Crippen LogP contribution in [0, 0.1) is 12.8 Å². The molecule has 88 valence electrons. The van der Waals surface area contributed by atoms with Gasteiger partial charge in [-0.3, -0.25) is 9.78 Å². The number of pyridine rings is 1. The molecule has 0 aliphatic heterocycles. The van der Waals surface area contributed by atoms with Gasteiger partial charge in [0.15, 0.2) is 0 Å². The lowest BCUT2D eigenvalue weighted by Gasteiger charge is -2.13. The van der Waals surface area contributed by atoms with E-state index in [2.05, 4.69) is 10.3 Å². The first kappa shape index (κ1) is 12.6. The molecule has 0 aromatic carbocycles. The Morgan fingerprint density at radius 1 is 1.50 bits per heavy atom. The molecule has 0 aliphatic rings. The van der Waals surface area contributed by atoms with Gasteiger partial charge in [-0.1, -0.05) is 13.8 Å². The maximum absolute atomic E-state index is 11.7. The third-order valence-corrected chi connectivity index (χ3v) is 2.24. The molecule has 1 unspecified atom stereocenters. The van der Waals surface area contributed by atoms with Crippen molar-refractivity contribution in [1.82, 2.24) is 4.98 Å². The SMILES string of the molecule is Cc1ccc(NC(=O)C(N)CC(C)C)cn1.